The lowest BCUT2D eigenvalue weighted by Gasteiger charge is -2.34. The molecule has 3 heterocycles. The van der Waals surface area contributed by atoms with Gasteiger partial charge in [-0.15, -0.1) is 0 Å². The maximum atomic E-state index is 12.1. The van der Waals surface area contributed by atoms with Gasteiger partial charge in [-0.25, -0.2) is 4.79 Å². The number of hydrogen-bond acceptors (Lipinski definition) is 7. The van der Waals surface area contributed by atoms with Crippen molar-refractivity contribution in [3.05, 3.63) is 68.8 Å². The van der Waals surface area contributed by atoms with E-state index in [2.05, 4.69) is 19.9 Å². The second-order valence-corrected chi connectivity index (χ2v) is 7.30. The van der Waals surface area contributed by atoms with Gasteiger partial charge >= 0.3 is 5.69 Å². The molecule has 3 aromatic rings. The van der Waals surface area contributed by atoms with E-state index in [9.17, 15) is 9.59 Å². The van der Waals surface area contributed by atoms with Crippen molar-refractivity contribution < 1.29 is 4.52 Å². The van der Waals surface area contributed by atoms with E-state index < -0.39 is 0 Å². The molecule has 0 N–H and O–H groups in total. The van der Waals surface area contributed by atoms with Crippen LogP contribution in [0.15, 0.2) is 50.5 Å². The highest BCUT2D eigenvalue weighted by molar-refractivity contribution is 5.53. The van der Waals surface area contributed by atoms with Crippen LogP contribution in [0.25, 0.3) is 11.4 Å². The summed E-state index contributed by atoms with van der Waals surface area (Å²) in [7, 11) is 3.20. The maximum absolute atomic E-state index is 12.1. The van der Waals surface area contributed by atoms with Gasteiger partial charge in [-0.05, 0) is 0 Å². The summed E-state index contributed by atoms with van der Waals surface area (Å²) < 4.78 is 8.07. The molecule has 1 aromatic carbocycles. The molecule has 0 radical (unpaired) electrons. The second kappa shape index (κ2) is 8.14. The van der Waals surface area contributed by atoms with Crippen LogP contribution in [0.2, 0.25) is 0 Å². The average molecular weight is 396 g/mol. The van der Waals surface area contributed by atoms with E-state index in [1.54, 1.807) is 7.05 Å². The van der Waals surface area contributed by atoms with Crippen molar-refractivity contribution in [2.24, 2.45) is 14.1 Å². The fourth-order valence-electron chi connectivity index (χ4n) is 3.48. The Labute approximate surface area is 167 Å². The molecule has 0 aliphatic carbocycles. The van der Waals surface area contributed by atoms with Crippen molar-refractivity contribution in [3.63, 3.8) is 0 Å². The molecule has 152 valence electrons. The summed E-state index contributed by atoms with van der Waals surface area (Å²) in [5.41, 5.74) is 1.10. The van der Waals surface area contributed by atoms with Gasteiger partial charge in [0.2, 0.25) is 11.7 Å². The summed E-state index contributed by atoms with van der Waals surface area (Å²) in [6, 6.07) is 11.3. The lowest BCUT2D eigenvalue weighted by Crippen LogP contribution is -2.46. The fourth-order valence-corrected chi connectivity index (χ4v) is 3.48. The number of aromatic nitrogens is 4. The molecule has 9 nitrogen and oxygen atoms in total. The van der Waals surface area contributed by atoms with E-state index in [1.165, 1.54) is 17.7 Å². The highest BCUT2D eigenvalue weighted by Crippen LogP contribution is 2.16. The molecular weight excluding hydrogens is 372 g/mol. The Kier molecular flexibility index (Phi) is 5.41. The van der Waals surface area contributed by atoms with Crippen molar-refractivity contribution in [1.82, 2.24) is 29.1 Å². The lowest BCUT2D eigenvalue weighted by atomic mass is 10.2. The Morgan fingerprint density at radius 2 is 1.59 bits per heavy atom. The molecule has 9 heteroatoms. The van der Waals surface area contributed by atoms with Gasteiger partial charge in [-0.1, -0.05) is 35.5 Å². The third-order valence-electron chi connectivity index (χ3n) is 5.33. The van der Waals surface area contributed by atoms with E-state index >= 15 is 0 Å². The first-order chi connectivity index (χ1) is 14.0. The smallest absolute Gasteiger partial charge is 0.330 e. The average Bonchev–Trinajstić information content (AvgIpc) is 3.21. The van der Waals surface area contributed by atoms with Crippen molar-refractivity contribution in [1.29, 1.82) is 0 Å². The van der Waals surface area contributed by atoms with Crippen LogP contribution in [-0.2, 0) is 27.2 Å². The van der Waals surface area contributed by atoms with Crippen molar-refractivity contribution in [3.8, 4) is 11.4 Å². The predicted octanol–water partition coefficient (Wildman–Crippen LogP) is 0.452. The predicted molar refractivity (Wildman–Crippen MR) is 107 cm³/mol. The molecule has 1 aliphatic rings. The van der Waals surface area contributed by atoms with Gasteiger partial charge in [0, 0.05) is 64.1 Å². The van der Waals surface area contributed by atoms with E-state index in [0.29, 0.717) is 24.8 Å². The Balaban J connectivity index is 1.34. The Hall–Kier alpha value is -3.04. The molecule has 0 saturated carbocycles. The van der Waals surface area contributed by atoms with E-state index in [-0.39, 0.29) is 11.2 Å². The minimum Gasteiger partial charge on any atom is -0.338 e. The molecule has 0 bridgehead atoms. The zero-order valence-electron chi connectivity index (χ0n) is 16.6. The minimum atomic E-state index is -0.295. The minimum absolute atomic E-state index is 0.271. The van der Waals surface area contributed by atoms with Crippen LogP contribution in [0.1, 0.15) is 11.6 Å². The number of piperazine rings is 1. The summed E-state index contributed by atoms with van der Waals surface area (Å²) in [6.07, 6.45) is 0. The largest absolute Gasteiger partial charge is 0.338 e. The third kappa shape index (κ3) is 4.20. The Morgan fingerprint density at radius 3 is 2.28 bits per heavy atom. The van der Waals surface area contributed by atoms with Gasteiger partial charge in [0.1, 0.15) is 0 Å². The van der Waals surface area contributed by atoms with Crippen molar-refractivity contribution >= 4 is 0 Å². The first kappa shape index (κ1) is 19.3. The number of rotatable bonds is 5. The highest BCUT2D eigenvalue weighted by Gasteiger charge is 2.20. The summed E-state index contributed by atoms with van der Waals surface area (Å²) in [4.78, 5) is 33.0. The molecule has 0 unspecified atom stereocenters. The molecular formula is C20H24N6O3. The summed E-state index contributed by atoms with van der Waals surface area (Å²) >= 11 is 0. The van der Waals surface area contributed by atoms with Crippen LogP contribution in [0.3, 0.4) is 0 Å². The molecule has 2 aromatic heterocycles. The van der Waals surface area contributed by atoms with E-state index in [0.717, 1.165) is 42.0 Å². The molecule has 0 spiro atoms. The number of hydrogen-bond donors (Lipinski definition) is 0. The zero-order chi connectivity index (χ0) is 20.4. The van der Waals surface area contributed by atoms with Crippen LogP contribution in [0, 0.1) is 0 Å². The molecule has 1 aliphatic heterocycles. The lowest BCUT2D eigenvalue weighted by molar-refractivity contribution is 0.110. The van der Waals surface area contributed by atoms with E-state index in [4.69, 9.17) is 4.52 Å². The number of nitrogens with zero attached hydrogens (tertiary/aromatic N) is 6. The molecule has 4 rings (SSSR count). The summed E-state index contributed by atoms with van der Waals surface area (Å²) in [5.74, 6) is 1.21. The molecule has 0 atom stereocenters. The van der Waals surface area contributed by atoms with Crippen LogP contribution in [0.5, 0.6) is 0 Å². The van der Waals surface area contributed by atoms with Gasteiger partial charge in [0.05, 0.1) is 6.54 Å². The van der Waals surface area contributed by atoms with Gasteiger partial charge < -0.3 is 4.52 Å². The fraction of sp³-hybridized carbons (Fsp3) is 0.400. The quantitative estimate of drug-likeness (QED) is 0.619. The Bertz CT molecular complexity index is 1090. The first-order valence-electron chi connectivity index (χ1n) is 9.60. The monoisotopic (exact) mass is 396 g/mol. The molecule has 1 saturated heterocycles. The zero-order valence-corrected chi connectivity index (χ0v) is 16.6. The van der Waals surface area contributed by atoms with Gasteiger partial charge in [0.15, 0.2) is 0 Å². The van der Waals surface area contributed by atoms with Crippen LogP contribution in [0.4, 0.5) is 0 Å². The van der Waals surface area contributed by atoms with Crippen LogP contribution in [-0.4, -0.2) is 55.3 Å². The molecule has 0 amide bonds. The SMILES string of the molecule is Cn1c(CN2CCN(Cc3nc(-c4ccccc4)no3)CC2)cc(=O)n(C)c1=O. The standard InChI is InChI=1S/C20H24N6O3/c1-23-16(12-18(27)24(2)20(23)28)13-25-8-10-26(11-9-25)14-17-21-19(22-29-17)15-6-4-3-5-7-15/h3-7,12H,8-11,13-14H2,1-2H3. The summed E-state index contributed by atoms with van der Waals surface area (Å²) in [5, 5.41) is 4.07. The van der Waals surface area contributed by atoms with Crippen molar-refractivity contribution in [2.45, 2.75) is 13.1 Å². The molecule has 1 fully saturated rings. The summed E-state index contributed by atoms with van der Waals surface area (Å²) in [6.45, 7) is 4.56. The van der Waals surface area contributed by atoms with Crippen LogP contribution < -0.4 is 11.2 Å². The topological polar surface area (TPSA) is 89.4 Å². The normalized spacial score (nSPS) is 15.7. The first-order valence-corrected chi connectivity index (χ1v) is 9.60. The van der Waals surface area contributed by atoms with Gasteiger partial charge in [-0.2, -0.15) is 4.98 Å². The van der Waals surface area contributed by atoms with Crippen molar-refractivity contribution in [2.75, 3.05) is 26.2 Å². The third-order valence-corrected chi connectivity index (χ3v) is 5.33. The second-order valence-electron chi connectivity index (χ2n) is 7.30. The van der Waals surface area contributed by atoms with E-state index in [1.807, 2.05) is 30.3 Å². The Morgan fingerprint density at radius 1 is 0.931 bits per heavy atom. The maximum Gasteiger partial charge on any atom is 0.330 e. The number of benzene rings is 1. The van der Waals surface area contributed by atoms with Gasteiger partial charge in [-0.3, -0.25) is 23.7 Å². The molecule has 29 heavy (non-hydrogen) atoms. The van der Waals surface area contributed by atoms with Crippen LogP contribution >= 0.6 is 0 Å². The highest BCUT2D eigenvalue weighted by atomic mass is 16.5. The van der Waals surface area contributed by atoms with Gasteiger partial charge in [0.25, 0.3) is 5.56 Å².